The summed E-state index contributed by atoms with van der Waals surface area (Å²) >= 11 is 13.6. The van der Waals surface area contributed by atoms with Crippen LogP contribution in [0.4, 0.5) is 0 Å². The van der Waals surface area contributed by atoms with Crippen molar-refractivity contribution in [1.82, 2.24) is 0 Å². The van der Waals surface area contributed by atoms with Crippen molar-refractivity contribution in [1.29, 1.82) is 0 Å². The van der Waals surface area contributed by atoms with Gasteiger partial charge < -0.3 is 5.73 Å². The highest BCUT2D eigenvalue weighted by molar-refractivity contribution is 7.99. The Morgan fingerprint density at radius 1 is 1.00 bits per heavy atom. The Kier molecular flexibility index (Phi) is 5.17. The minimum Gasteiger partial charge on any atom is -0.328 e. The summed E-state index contributed by atoms with van der Waals surface area (Å²) in [5.41, 5.74) is 7.04. The minimum absolute atomic E-state index is 0.188. The van der Waals surface area contributed by atoms with Crippen LogP contribution in [0.1, 0.15) is 12.5 Å². The van der Waals surface area contributed by atoms with E-state index in [-0.39, 0.29) is 6.04 Å². The Balaban J connectivity index is 2.08. The molecule has 4 heteroatoms. The van der Waals surface area contributed by atoms with Crippen LogP contribution in [0, 0.1) is 0 Å². The maximum atomic E-state index is 6.00. The molecule has 0 saturated carbocycles. The summed E-state index contributed by atoms with van der Waals surface area (Å²) in [6.45, 7) is 2.01. The summed E-state index contributed by atoms with van der Waals surface area (Å²) < 4.78 is 0. The predicted octanol–water partition coefficient (Wildman–Crippen LogP) is 5.03. The third-order valence-electron chi connectivity index (χ3n) is 2.61. The number of rotatable bonds is 4. The molecule has 0 heterocycles. The normalized spacial score (nSPS) is 12.4. The molecule has 2 rings (SSSR count). The predicted molar refractivity (Wildman–Crippen MR) is 84.4 cm³/mol. The van der Waals surface area contributed by atoms with Crippen LogP contribution in [0.25, 0.3) is 0 Å². The van der Waals surface area contributed by atoms with Crippen LogP contribution in [-0.2, 0) is 6.42 Å². The summed E-state index contributed by atoms with van der Waals surface area (Å²) in [6, 6.07) is 14.3. The van der Waals surface area contributed by atoms with E-state index < -0.39 is 0 Å². The lowest BCUT2D eigenvalue weighted by molar-refractivity contribution is 0.737. The zero-order chi connectivity index (χ0) is 13.8. The lowest BCUT2D eigenvalue weighted by atomic mass is 10.1. The molecule has 0 fully saturated rings. The van der Waals surface area contributed by atoms with Crippen LogP contribution in [0.5, 0.6) is 0 Å². The molecule has 0 amide bonds. The molecule has 1 atom stereocenters. The van der Waals surface area contributed by atoms with Gasteiger partial charge in [0.1, 0.15) is 0 Å². The van der Waals surface area contributed by atoms with Crippen LogP contribution in [0.15, 0.2) is 52.3 Å². The molecule has 0 aromatic heterocycles. The molecular weight excluding hydrogens is 297 g/mol. The molecule has 0 radical (unpaired) electrons. The number of hydrogen-bond donors (Lipinski definition) is 1. The lowest BCUT2D eigenvalue weighted by Gasteiger charge is -2.07. The van der Waals surface area contributed by atoms with E-state index in [1.807, 2.05) is 25.1 Å². The van der Waals surface area contributed by atoms with E-state index in [0.717, 1.165) is 11.3 Å². The first kappa shape index (κ1) is 14.7. The molecule has 2 aromatic rings. The van der Waals surface area contributed by atoms with Crippen molar-refractivity contribution in [2.75, 3.05) is 0 Å². The summed E-state index contributed by atoms with van der Waals surface area (Å²) in [4.78, 5) is 2.25. The van der Waals surface area contributed by atoms with E-state index in [0.29, 0.717) is 10.0 Å². The monoisotopic (exact) mass is 311 g/mol. The van der Waals surface area contributed by atoms with Gasteiger partial charge in [-0.15, -0.1) is 0 Å². The maximum absolute atomic E-state index is 6.00. The SMILES string of the molecule is CC(N)Cc1ccc(Sc2ccc(Cl)c(Cl)c2)cc1. The van der Waals surface area contributed by atoms with Crippen LogP contribution in [-0.4, -0.2) is 6.04 Å². The van der Waals surface area contributed by atoms with Crippen LogP contribution in [0.2, 0.25) is 10.0 Å². The van der Waals surface area contributed by atoms with Gasteiger partial charge in [-0.3, -0.25) is 0 Å². The Hall–Kier alpha value is -0.670. The third kappa shape index (κ3) is 4.43. The van der Waals surface area contributed by atoms with Gasteiger partial charge in [0, 0.05) is 15.8 Å². The molecule has 1 unspecified atom stereocenters. The van der Waals surface area contributed by atoms with E-state index in [4.69, 9.17) is 28.9 Å². The Bertz CT molecular complexity index is 553. The van der Waals surface area contributed by atoms with Crippen molar-refractivity contribution in [2.24, 2.45) is 5.73 Å². The first-order valence-electron chi connectivity index (χ1n) is 6.02. The van der Waals surface area contributed by atoms with Crippen molar-refractivity contribution in [3.63, 3.8) is 0 Å². The van der Waals surface area contributed by atoms with E-state index in [1.54, 1.807) is 11.8 Å². The van der Waals surface area contributed by atoms with Crippen LogP contribution < -0.4 is 5.73 Å². The quantitative estimate of drug-likeness (QED) is 0.856. The zero-order valence-corrected chi connectivity index (χ0v) is 12.9. The first-order valence-corrected chi connectivity index (χ1v) is 7.59. The molecule has 0 aliphatic carbocycles. The summed E-state index contributed by atoms with van der Waals surface area (Å²) in [5, 5.41) is 1.17. The molecule has 2 N–H and O–H groups in total. The Labute approximate surface area is 128 Å². The smallest absolute Gasteiger partial charge is 0.0603 e. The van der Waals surface area contributed by atoms with E-state index in [1.165, 1.54) is 10.5 Å². The number of nitrogens with two attached hydrogens (primary N) is 1. The molecule has 0 aliphatic heterocycles. The number of hydrogen-bond acceptors (Lipinski definition) is 2. The fourth-order valence-electron chi connectivity index (χ4n) is 1.74. The van der Waals surface area contributed by atoms with Crippen molar-refractivity contribution in [3.05, 3.63) is 58.1 Å². The average molecular weight is 312 g/mol. The number of benzene rings is 2. The Morgan fingerprint density at radius 2 is 1.63 bits per heavy atom. The van der Waals surface area contributed by atoms with Crippen molar-refractivity contribution < 1.29 is 0 Å². The standard InChI is InChI=1S/C15H15Cl2NS/c1-10(18)8-11-2-4-12(5-3-11)19-13-6-7-14(16)15(17)9-13/h2-7,9-10H,8,18H2,1H3. The molecule has 1 nitrogen and oxygen atoms in total. The zero-order valence-electron chi connectivity index (χ0n) is 10.6. The molecule has 0 bridgehead atoms. The topological polar surface area (TPSA) is 26.0 Å². The van der Waals surface area contributed by atoms with Gasteiger partial charge >= 0.3 is 0 Å². The second-order valence-corrected chi connectivity index (χ2v) is 6.46. The van der Waals surface area contributed by atoms with E-state index in [9.17, 15) is 0 Å². The molecular formula is C15H15Cl2NS. The Morgan fingerprint density at radius 3 is 2.21 bits per heavy atom. The van der Waals surface area contributed by atoms with Crippen molar-refractivity contribution in [2.45, 2.75) is 29.2 Å². The summed E-state index contributed by atoms with van der Waals surface area (Å²) in [7, 11) is 0. The summed E-state index contributed by atoms with van der Waals surface area (Å²) in [6.07, 6.45) is 0.901. The van der Waals surface area contributed by atoms with Gasteiger partial charge in [-0.1, -0.05) is 47.1 Å². The first-order chi connectivity index (χ1) is 9.04. The van der Waals surface area contributed by atoms with Crippen LogP contribution >= 0.6 is 35.0 Å². The van der Waals surface area contributed by atoms with Gasteiger partial charge in [-0.2, -0.15) is 0 Å². The second-order valence-electron chi connectivity index (χ2n) is 4.50. The number of halogens is 2. The molecule has 0 spiro atoms. The van der Waals surface area contributed by atoms with Gasteiger partial charge in [0.2, 0.25) is 0 Å². The van der Waals surface area contributed by atoms with Crippen LogP contribution in [0.3, 0.4) is 0 Å². The largest absolute Gasteiger partial charge is 0.328 e. The third-order valence-corrected chi connectivity index (χ3v) is 4.34. The van der Waals surface area contributed by atoms with Gasteiger partial charge in [0.25, 0.3) is 0 Å². The molecule has 2 aromatic carbocycles. The average Bonchev–Trinajstić information content (AvgIpc) is 2.36. The van der Waals surface area contributed by atoms with Gasteiger partial charge in [0.15, 0.2) is 0 Å². The maximum Gasteiger partial charge on any atom is 0.0603 e. The van der Waals surface area contributed by atoms with Gasteiger partial charge in [0.05, 0.1) is 10.0 Å². The molecule has 100 valence electrons. The fraction of sp³-hybridized carbons (Fsp3) is 0.200. The van der Waals surface area contributed by atoms with Gasteiger partial charge in [-0.05, 0) is 49.2 Å². The highest BCUT2D eigenvalue weighted by Crippen LogP contribution is 2.32. The van der Waals surface area contributed by atoms with E-state index >= 15 is 0 Å². The highest BCUT2D eigenvalue weighted by atomic mass is 35.5. The van der Waals surface area contributed by atoms with E-state index in [2.05, 4.69) is 24.3 Å². The fourth-order valence-corrected chi connectivity index (χ4v) is 2.96. The van der Waals surface area contributed by atoms with Crippen molar-refractivity contribution in [3.8, 4) is 0 Å². The second kappa shape index (κ2) is 6.67. The molecule has 19 heavy (non-hydrogen) atoms. The minimum atomic E-state index is 0.188. The molecule has 0 saturated heterocycles. The summed E-state index contributed by atoms with van der Waals surface area (Å²) in [5.74, 6) is 0. The highest BCUT2D eigenvalue weighted by Gasteiger charge is 2.03. The lowest BCUT2D eigenvalue weighted by Crippen LogP contribution is -2.17. The molecule has 0 aliphatic rings. The van der Waals surface area contributed by atoms with Gasteiger partial charge in [-0.25, -0.2) is 0 Å². The van der Waals surface area contributed by atoms with Crippen molar-refractivity contribution >= 4 is 35.0 Å².